The molecule has 4 aromatic rings. The first-order valence-corrected chi connectivity index (χ1v) is 14.9. The number of ether oxygens (including phenoxy) is 2. The molecule has 2 aliphatic heterocycles. The summed E-state index contributed by atoms with van der Waals surface area (Å²) in [6.45, 7) is 7.02. The minimum absolute atomic E-state index is 0.00356. The van der Waals surface area contributed by atoms with Gasteiger partial charge in [-0.05, 0) is 86.9 Å². The average Bonchev–Trinajstić information content (AvgIpc) is 3.58. The molecule has 0 N–H and O–H groups in total. The fraction of sp³-hybridized carbons (Fsp3) is 0.375. The average molecular weight is 557 g/mol. The van der Waals surface area contributed by atoms with Crippen LogP contribution >= 0.6 is 11.3 Å². The monoisotopic (exact) mass is 556 g/mol. The minimum Gasteiger partial charge on any atom is -0.489 e. The predicted molar refractivity (Wildman–Crippen MR) is 158 cm³/mol. The number of amides is 1. The van der Waals surface area contributed by atoms with Crippen molar-refractivity contribution in [3.63, 3.8) is 0 Å². The number of thiophene rings is 1. The summed E-state index contributed by atoms with van der Waals surface area (Å²) >= 11 is 1.77. The summed E-state index contributed by atoms with van der Waals surface area (Å²) < 4.78 is 14.7. The van der Waals surface area contributed by atoms with Crippen molar-refractivity contribution < 1.29 is 14.3 Å². The normalized spacial score (nSPS) is 17.6. The summed E-state index contributed by atoms with van der Waals surface area (Å²) in [6.07, 6.45) is 6.07. The maximum atomic E-state index is 13.7. The van der Waals surface area contributed by atoms with Crippen molar-refractivity contribution in [2.24, 2.45) is 5.92 Å². The number of piperidine rings is 1. The topological polar surface area (TPSA) is 59.8 Å². The van der Waals surface area contributed by atoms with E-state index in [1.165, 1.54) is 22.6 Å². The fourth-order valence-corrected chi connectivity index (χ4v) is 6.53. The van der Waals surface area contributed by atoms with Crippen LogP contribution in [-0.2, 0) is 13.1 Å². The van der Waals surface area contributed by atoms with Crippen LogP contribution in [0.3, 0.4) is 0 Å². The Kier molecular flexibility index (Phi) is 7.89. The highest BCUT2D eigenvalue weighted by atomic mass is 32.1. The van der Waals surface area contributed by atoms with Gasteiger partial charge in [-0.15, -0.1) is 11.3 Å². The molecule has 0 saturated carbocycles. The van der Waals surface area contributed by atoms with E-state index in [4.69, 9.17) is 9.47 Å². The van der Waals surface area contributed by atoms with Gasteiger partial charge in [0, 0.05) is 52.3 Å². The summed E-state index contributed by atoms with van der Waals surface area (Å²) in [5, 5.41) is 4.30. The van der Waals surface area contributed by atoms with Crippen molar-refractivity contribution in [1.82, 2.24) is 19.6 Å². The van der Waals surface area contributed by atoms with Crippen LogP contribution in [0.2, 0.25) is 0 Å². The van der Waals surface area contributed by atoms with Crippen LogP contribution in [0.1, 0.15) is 39.2 Å². The molecule has 1 amide bonds. The van der Waals surface area contributed by atoms with Gasteiger partial charge in [-0.25, -0.2) is 0 Å². The van der Waals surface area contributed by atoms with Crippen molar-refractivity contribution >= 4 is 17.2 Å². The van der Waals surface area contributed by atoms with Gasteiger partial charge in [0.1, 0.15) is 6.61 Å². The first-order chi connectivity index (χ1) is 19.5. The largest absolute Gasteiger partial charge is 0.489 e. The fourth-order valence-electron chi connectivity index (χ4n) is 5.68. The number of aromatic nitrogens is 2. The Morgan fingerprint density at radius 1 is 1.15 bits per heavy atom. The lowest BCUT2D eigenvalue weighted by atomic mass is 9.99. The number of carbonyl (C=O) groups excluding carboxylic acids is 1. The number of nitrogens with zero attached hydrogens (tertiary/aromatic N) is 4. The molecule has 7 nitrogen and oxygen atoms in total. The van der Waals surface area contributed by atoms with Crippen molar-refractivity contribution in [2.75, 3.05) is 39.9 Å². The van der Waals surface area contributed by atoms with Gasteiger partial charge in [-0.2, -0.15) is 5.10 Å². The van der Waals surface area contributed by atoms with Gasteiger partial charge in [0.05, 0.1) is 19.7 Å². The molecule has 6 rings (SSSR count). The molecule has 2 aromatic heterocycles. The number of fused-ring (bicyclic) bond motifs is 1. The number of rotatable bonds is 7. The predicted octanol–water partition coefficient (Wildman–Crippen LogP) is 5.72. The molecule has 208 valence electrons. The lowest BCUT2D eigenvalue weighted by Gasteiger charge is -2.29. The van der Waals surface area contributed by atoms with Crippen LogP contribution in [-0.4, -0.2) is 65.4 Å². The van der Waals surface area contributed by atoms with E-state index in [9.17, 15) is 4.79 Å². The van der Waals surface area contributed by atoms with E-state index in [-0.39, 0.29) is 5.91 Å². The highest BCUT2D eigenvalue weighted by Crippen LogP contribution is 2.41. The third-order valence-corrected chi connectivity index (χ3v) is 8.74. The Morgan fingerprint density at radius 3 is 2.88 bits per heavy atom. The van der Waals surface area contributed by atoms with E-state index in [0.717, 1.165) is 41.3 Å². The highest BCUT2D eigenvalue weighted by molar-refractivity contribution is 7.15. The lowest BCUT2D eigenvalue weighted by Crippen LogP contribution is -2.34. The zero-order valence-corrected chi connectivity index (χ0v) is 24.0. The Hall–Kier alpha value is -3.62. The standard InChI is InChI=1S/C32H36N4O3S/c1-23-9-10-30(40-23)27-17-28-21-35(32(37)26-8-3-6-24(16-26)20-36-13-5-11-33-36)14-15-38-31(28)29(18-27)39-22-25-7-4-12-34(2)19-25/h3,5-6,8-11,13,16-18,25H,4,7,12,14-15,19-22H2,1-2H3. The Morgan fingerprint density at radius 2 is 2.08 bits per heavy atom. The quantitative estimate of drug-likeness (QED) is 0.291. The molecule has 40 heavy (non-hydrogen) atoms. The summed E-state index contributed by atoms with van der Waals surface area (Å²) in [5.74, 6) is 2.05. The number of benzene rings is 2. The molecule has 0 spiro atoms. The molecule has 8 heteroatoms. The molecule has 4 heterocycles. The number of likely N-dealkylation sites (tertiary alicyclic amines) is 1. The second-order valence-electron chi connectivity index (χ2n) is 10.9. The second kappa shape index (κ2) is 11.9. The van der Waals surface area contributed by atoms with Gasteiger partial charge in [0.2, 0.25) is 0 Å². The third kappa shape index (κ3) is 6.08. The number of carbonyl (C=O) groups is 1. The Labute approximate surface area is 239 Å². The van der Waals surface area contributed by atoms with Crippen LogP contribution in [0.15, 0.2) is 67.0 Å². The lowest BCUT2D eigenvalue weighted by molar-refractivity contribution is 0.0732. The van der Waals surface area contributed by atoms with E-state index >= 15 is 0 Å². The molecular formula is C32H36N4O3S. The van der Waals surface area contributed by atoms with Crippen LogP contribution in [0.4, 0.5) is 0 Å². The summed E-state index contributed by atoms with van der Waals surface area (Å²) in [5.41, 5.74) is 3.81. The molecule has 2 aromatic carbocycles. The van der Waals surface area contributed by atoms with Gasteiger partial charge in [-0.3, -0.25) is 9.48 Å². The molecule has 1 atom stereocenters. The van der Waals surface area contributed by atoms with E-state index < -0.39 is 0 Å². The number of aryl methyl sites for hydroxylation is 1. The van der Waals surface area contributed by atoms with Crippen LogP contribution in [0, 0.1) is 12.8 Å². The van der Waals surface area contributed by atoms with Gasteiger partial charge < -0.3 is 19.3 Å². The molecule has 0 aliphatic carbocycles. The van der Waals surface area contributed by atoms with E-state index in [1.54, 1.807) is 17.5 Å². The van der Waals surface area contributed by atoms with E-state index in [0.29, 0.717) is 44.3 Å². The smallest absolute Gasteiger partial charge is 0.254 e. The van der Waals surface area contributed by atoms with Gasteiger partial charge in [0.25, 0.3) is 5.91 Å². The molecule has 1 fully saturated rings. The first kappa shape index (κ1) is 26.6. The highest BCUT2D eigenvalue weighted by Gasteiger charge is 2.26. The first-order valence-electron chi connectivity index (χ1n) is 14.1. The van der Waals surface area contributed by atoms with Gasteiger partial charge in [0.15, 0.2) is 11.5 Å². The maximum Gasteiger partial charge on any atom is 0.254 e. The molecule has 0 radical (unpaired) electrons. The number of hydrogen-bond donors (Lipinski definition) is 0. The number of hydrogen-bond acceptors (Lipinski definition) is 6. The molecule has 1 saturated heterocycles. The summed E-state index contributed by atoms with van der Waals surface area (Å²) in [7, 11) is 2.18. The Bertz CT molecular complexity index is 1460. The van der Waals surface area contributed by atoms with Crippen LogP contribution in [0.5, 0.6) is 11.5 Å². The maximum absolute atomic E-state index is 13.7. The van der Waals surface area contributed by atoms with E-state index in [2.05, 4.69) is 48.2 Å². The second-order valence-corrected chi connectivity index (χ2v) is 12.2. The van der Waals surface area contributed by atoms with E-state index in [1.807, 2.05) is 46.1 Å². The molecule has 0 bridgehead atoms. The van der Waals surface area contributed by atoms with Crippen molar-refractivity contribution in [3.05, 3.63) is 88.6 Å². The third-order valence-electron chi connectivity index (χ3n) is 7.69. The molecular weight excluding hydrogens is 520 g/mol. The zero-order valence-electron chi connectivity index (χ0n) is 23.2. The van der Waals surface area contributed by atoms with Crippen molar-refractivity contribution in [2.45, 2.75) is 32.9 Å². The van der Waals surface area contributed by atoms with Crippen LogP contribution < -0.4 is 9.47 Å². The van der Waals surface area contributed by atoms with Crippen molar-refractivity contribution in [1.29, 1.82) is 0 Å². The molecule has 2 aliphatic rings. The SMILES string of the molecule is Cc1ccc(-c2cc3c(c(OCC4CCCN(C)C4)c2)OCCN(C(=O)c2cccc(Cn4cccn4)c2)C3)s1. The molecule has 1 unspecified atom stereocenters. The Balaban J connectivity index is 1.26. The van der Waals surface area contributed by atoms with Crippen LogP contribution in [0.25, 0.3) is 10.4 Å². The van der Waals surface area contributed by atoms with Gasteiger partial charge >= 0.3 is 0 Å². The summed E-state index contributed by atoms with van der Waals surface area (Å²) in [4.78, 5) is 20.5. The zero-order chi connectivity index (χ0) is 27.5. The van der Waals surface area contributed by atoms with Gasteiger partial charge in [-0.1, -0.05) is 12.1 Å². The summed E-state index contributed by atoms with van der Waals surface area (Å²) in [6, 6.07) is 18.3. The van der Waals surface area contributed by atoms with Crippen molar-refractivity contribution in [3.8, 4) is 21.9 Å². The minimum atomic E-state index is 0.00356.